The second-order valence-electron chi connectivity index (χ2n) is 15.0. The maximum atomic E-state index is 15.6. The summed E-state index contributed by atoms with van der Waals surface area (Å²) in [7, 11) is -2.43. The second kappa shape index (κ2) is 12.8. The summed E-state index contributed by atoms with van der Waals surface area (Å²) >= 11 is 0. The predicted octanol–water partition coefficient (Wildman–Crippen LogP) is 5.71. The van der Waals surface area contributed by atoms with Crippen molar-refractivity contribution in [3.05, 3.63) is 47.0 Å². The largest absolute Gasteiger partial charge is 0.455 e. The summed E-state index contributed by atoms with van der Waals surface area (Å²) in [6, 6.07) is 10.9. The fourth-order valence-corrected chi connectivity index (χ4v) is 12.3. The van der Waals surface area contributed by atoms with E-state index >= 15 is 4.79 Å². The first-order chi connectivity index (χ1) is 22.5. The molecule has 1 heterocycles. The molecule has 5 rings (SSSR count). The number of hydrogen-bond donors (Lipinski definition) is 1. The van der Waals surface area contributed by atoms with Crippen LogP contribution in [0.5, 0.6) is 0 Å². The maximum absolute atomic E-state index is 15.6. The van der Waals surface area contributed by atoms with Crippen LogP contribution in [0.15, 0.2) is 41.5 Å². The zero-order valence-electron chi connectivity index (χ0n) is 29.8. The van der Waals surface area contributed by atoms with Crippen molar-refractivity contribution in [2.75, 3.05) is 6.61 Å². The van der Waals surface area contributed by atoms with E-state index < -0.39 is 84.4 Å². The lowest BCUT2D eigenvalue weighted by Gasteiger charge is -2.68. The third kappa shape index (κ3) is 5.40. The molecule has 0 radical (unpaired) electrons. The third-order valence-electron chi connectivity index (χ3n) is 12.4. The first kappa shape index (κ1) is 36.4. The molecule has 1 N–H and O–H groups in total. The summed E-state index contributed by atoms with van der Waals surface area (Å²) in [4.78, 5) is 55.4. The Bertz CT molecular complexity index is 1480. The minimum atomic E-state index is -2.43. The van der Waals surface area contributed by atoms with Gasteiger partial charge in [-0.3, -0.25) is 14.4 Å². The van der Waals surface area contributed by atoms with Gasteiger partial charge in [0.25, 0.3) is 0 Å². The van der Waals surface area contributed by atoms with Crippen molar-refractivity contribution in [2.24, 2.45) is 16.7 Å². The Hall–Kier alpha value is -2.86. The Morgan fingerprint density at radius 1 is 0.979 bits per heavy atom. The standard InChI is InChI=1S/C37H52O10Si/c1-10-48(11-2,12-3)47-26-20-27-36(21-43-27,46-24(6)39)30-32(45-33(41)25-16-14-13-15-17-25)37(42)19-18-22(4)28(34(37,7)8)29(44-23(5)38)31(40)35(26,30)9/h13-17,26-27,29-30,32,42H,10-12,18-21H2,1-9H3/t26-,27+,29+,30-,32-,35+,36-,37+/m0/s1. The average molecular weight is 685 g/mol. The van der Waals surface area contributed by atoms with Crippen LogP contribution in [0, 0.1) is 16.7 Å². The van der Waals surface area contributed by atoms with Gasteiger partial charge in [-0.2, -0.15) is 0 Å². The first-order valence-electron chi connectivity index (χ1n) is 17.4. The van der Waals surface area contributed by atoms with Crippen LogP contribution in [0.3, 0.4) is 0 Å². The van der Waals surface area contributed by atoms with Gasteiger partial charge in [-0.1, -0.05) is 58.4 Å². The van der Waals surface area contributed by atoms with Crippen LogP contribution in [0.1, 0.15) is 91.9 Å². The highest BCUT2D eigenvalue weighted by Crippen LogP contribution is 2.65. The van der Waals surface area contributed by atoms with Gasteiger partial charge in [0.15, 0.2) is 25.8 Å². The van der Waals surface area contributed by atoms with Crippen LogP contribution in [-0.4, -0.2) is 79.3 Å². The van der Waals surface area contributed by atoms with Crippen molar-refractivity contribution in [1.82, 2.24) is 0 Å². The molecular formula is C37H52O10Si. The van der Waals surface area contributed by atoms with Gasteiger partial charge < -0.3 is 28.5 Å². The van der Waals surface area contributed by atoms with Crippen LogP contribution >= 0.6 is 0 Å². The Labute approximate surface area is 285 Å². The number of carbonyl (C=O) groups excluding carboxylic acids is 4. The summed E-state index contributed by atoms with van der Waals surface area (Å²) in [6.07, 6.45) is -3.40. The van der Waals surface area contributed by atoms with E-state index in [9.17, 15) is 19.5 Å². The topological polar surface area (TPSA) is 135 Å². The van der Waals surface area contributed by atoms with Gasteiger partial charge >= 0.3 is 17.9 Å². The molecule has 1 aliphatic heterocycles. The molecule has 8 atom stereocenters. The molecule has 3 aliphatic carbocycles. The van der Waals surface area contributed by atoms with Crippen molar-refractivity contribution in [3.8, 4) is 0 Å². The summed E-state index contributed by atoms with van der Waals surface area (Å²) in [6.45, 7) is 16.0. The van der Waals surface area contributed by atoms with Gasteiger partial charge in [0.05, 0.1) is 29.6 Å². The molecule has 11 heteroatoms. The highest BCUT2D eigenvalue weighted by atomic mass is 28.4. The zero-order chi connectivity index (χ0) is 35.4. The smallest absolute Gasteiger partial charge is 0.338 e. The Morgan fingerprint density at radius 3 is 2.12 bits per heavy atom. The van der Waals surface area contributed by atoms with Gasteiger partial charge in [0.2, 0.25) is 0 Å². The summed E-state index contributed by atoms with van der Waals surface area (Å²) in [5.41, 5.74) is -4.43. The monoisotopic (exact) mass is 684 g/mol. The van der Waals surface area contributed by atoms with E-state index in [0.717, 1.165) is 23.7 Å². The molecule has 48 heavy (non-hydrogen) atoms. The number of carbonyl (C=O) groups is 4. The summed E-state index contributed by atoms with van der Waals surface area (Å²) in [5.74, 6) is -3.45. The van der Waals surface area contributed by atoms with E-state index in [4.69, 9.17) is 23.4 Å². The molecule has 0 unspecified atom stereocenters. The van der Waals surface area contributed by atoms with Gasteiger partial charge in [-0.25, -0.2) is 4.79 Å². The van der Waals surface area contributed by atoms with E-state index in [2.05, 4.69) is 20.8 Å². The first-order valence-corrected chi connectivity index (χ1v) is 19.9. The van der Waals surface area contributed by atoms with E-state index in [1.807, 2.05) is 6.92 Å². The Balaban J connectivity index is 1.86. The normalized spacial score (nSPS) is 35.6. The summed E-state index contributed by atoms with van der Waals surface area (Å²) < 4.78 is 32.1. The number of rotatable bonds is 9. The number of allylic oxidation sites excluding steroid dienone is 1. The Kier molecular flexibility index (Phi) is 9.70. The van der Waals surface area contributed by atoms with Gasteiger partial charge in [0, 0.05) is 25.7 Å². The molecule has 264 valence electrons. The molecule has 2 saturated carbocycles. The molecule has 1 aromatic carbocycles. The van der Waals surface area contributed by atoms with Gasteiger partial charge in [-0.15, -0.1) is 0 Å². The van der Waals surface area contributed by atoms with Crippen molar-refractivity contribution >= 4 is 32.0 Å². The van der Waals surface area contributed by atoms with Crippen molar-refractivity contribution in [2.45, 2.75) is 135 Å². The van der Waals surface area contributed by atoms with Crippen LogP contribution in [-0.2, 0) is 37.8 Å². The minimum Gasteiger partial charge on any atom is -0.455 e. The molecule has 1 aromatic rings. The summed E-state index contributed by atoms with van der Waals surface area (Å²) in [5, 5.41) is 13.3. The lowest BCUT2D eigenvalue weighted by molar-refractivity contribution is -0.343. The van der Waals surface area contributed by atoms with Crippen molar-refractivity contribution in [1.29, 1.82) is 0 Å². The van der Waals surface area contributed by atoms with Crippen LogP contribution in [0.25, 0.3) is 0 Å². The lowest BCUT2D eigenvalue weighted by Crippen LogP contribution is -2.82. The van der Waals surface area contributed by atoms with Crippen LogP contribution in [0.4, 0.5) is 0 Å². The number of fused-ring (bicyclic) bond motifs is 5. The molecule has 10 nitrogen and oxygen atoms in total. The average Bonchev–Trinajstić information content (AvgIpc) is 3.03. The quantitative estimate of drug-likeness (QED) is 0.149. The number of hydrogen-bond acceptors (Lipinski definition) is 10. The maximum Gasteiger partial charge on any atom is 0.338 e. The molecule has 4 aliphatic rings. The van der Waals surface area contributed by atoms with Crippen molar-refractivity contribution < 1.29 is 47.7 Å². The lowest BCUT2D eigenvalue weighted by atomic mass is 9.45. The molecule has 2 bridgehead atoms. The second-order valence-corrected chi connectivity index (χ2v) is 19.7. The molecule has 1 saturated heterocycles. The van der Waals surface area contributed by atoms with E-state index in [1.54, 1.807) is 51.1 Å². The highest BCUT2D eigenvalue weighted by Gasteiger charge is 2.78. The van der Waals surface area contributed by atoms with Crippen molar-refractivity contribution in [3.63, 3.8) is 0 Å². The van der Waals surface area contributed by atoms with Crippen LogP contribution in [0.2, 0.25) is 18.1 Å². The molecule has 3 fully saturated rings. The molecule has 0 spiro atoms. The molecule has 0 amide bonds. The van der Waals surface area contributed by atoms with E-state index in [1.165, 1.54) is 13.8 Å². The van der Waals surface area contributed by atoms with Crippen LogP contribution < -0.4 is 0 Å². The Morgan fingerprint density at radius 2 is 1.60 bits per heavy atom. The molecular weight excluding hydrogens is 632 g/mol. The van der Waals surface area contributed by atoms with E-state index in [0.29, 0.717) is 12.0 Å². The molecule has 0 aromatic heterocycles. The predicted molar refractivity (Wildman–Crippen MR) is 179 cm³/mol. The zero-order valence-corrected chi connectivity index (χ0v) is 30.8. The highest BCUT2D eigenvalue weighted by molar-refractivity contribution is 6.73. The minimum absolute atomic E-state index is 0.0642. The van der Waals surface area contributed by atoms with Gasteiger partial charge in [0.1, 0.15) is 17.8 Å². The number of benzene rings is 1. The van der Waals surface area contributed by atoms with E-state index in [-0.39, 0.29) is 25.0 Å². The third-order valence-corrected chi connectivity index (χ3v) is 17.1. The number of esters is 3. The SMILES string of the molecule is CC[Si](CC)(CC)O[C@H]1C[C@H]2OC[C@@]2(OC(C)=O)[C@H]2[C@H](OC(=O)c3ccccc3)[C@]3(O)CCC(C)=C([C@@H](OC(C)=O)C(=O)[C@]12C)C3(C)C. The van der Waals surface area contributed by atoms with Gasteiger partial charge in [-0.05, 0) is 62.5 Å². The number of aliphatic hydroxyl groups is 1. The number of Topliss-reactive ketones (excluding diaryl/α,β-unsaturated/α-hetero) is 1. The number of ether oxygens (including phenoxy) is 4. The fraction of sp³-hybridized carbons (Fsp3) is 0.676. The fourth-order valence-electron chi connectivity index (χ4n) is 9.38. The number of ketones is 1.